The van der Waals surface area contributed by atoms with E-state index in [1.54, 1.807) is 9.58 Å². The second kappa shape index (κ2) is 18.7. The number of nitrogens with zero attached hydrogens (tertiary/aromatic N) is 9. The van der Waals surface area contributed by atoms with Gasteiger partial charge < -0.3 is 34.4 Å². The van der Waals surface area contributed by atoms with Crippen molar-refractivity contribution in [2.75, 3.05) is 56.0 Å². The lowest BCUT2D eigenvalue weighted by molar-refractivity contribution is -0.139. The second-order valence-electron chi connectivity index (χ2n) is 18.4. The molecule has 1 saturated heterocycles. The Morgan fingerprint density at radius 2 is 1.46 bits per heavy atom. The minimum Gasteiger partial charge on any atom is -0.444 e. The van der Waals surface area contributed by atoms with Crippen molar-refractivity contribution in [2.45, 2.75) is 138 Å². The third-order valence-corrected chi connectivity index (χ3v) is 10.0. The van der Waals surface area contributed by atoms with Gasteiger partial charge in [-0.1, -0.05) is 57.4 Å². The van der Waals surface area contributed by atoms with E-state index < -0.39 is 16.6 Å². The Kier molecular flexibility index (Phi) is 14.3. The molecule has 0 atom stereocenters. The molecule has 2 fully saturated rings. The van der Waals surface area contributed by atoms with E-state index in [4.69, 9.17) is 19.4 Å². The summed E-state index contributed by atoms with van der Waals surface area (Å²) in [6.07, 6.45) is 7.83. The fraction of sp³-hybridized carbons (Fsp3) is 0.690. The molecule has 1 aromatic carbocycles. The molecule has 0 unspecified atom stereocenters. The normalized spacial score (nSPS) is 15.7. The molecule has 2 aliphatic rings. The van der Waals surface area contributed by atoms with Crippen LogP contribution in [0.25, 0.3) is 10.9 Å². The predicted molar refractivity (Wildman–Crippen MR) is 222 cm³/mol. The van der Waals surface area contributed by atoms with Crippen molar-refractivity contribution in [1.29, 1.82) is 0 Å². The summed E-state index contributed by atoms with van der Waals surface area (Å²) in [6, 6.07) is 8.13. The maximum atomic E-state index is 13.3. The first-order valence-corrected chi connectivity index (χ1v) is 20.8. The maximum Gasteiger partial charge on any atom is 0.410 e. The standard InChI is InChI=1S/C42H66N10O5/c1-40(2,3)36(53)49-27-25-48(26-28-49)35-33-19-13-14-20-34(33)44-37(45-35)43-29-31-30-51(47-46-31)23-15-21-50(38(54)56-41(4,5)6)22-16-24-52(32-17-11-10-12-18-32)39(55)57-42(7,8)9/h13-14,19-20,30,32H,10-12,15-18,21-29H2,1-9H3,(H,43,44,45). The van der Waals surface area contributed by atoms with Crippen molar-refractivity contribution in [2.24, 2.45) is 5.41 Å². The highest BCUT2D eigenvalue weighted by atomic mass is 16.6. The molecule has 1 N–H and O–H groups in total. The number of anilines is 2. The number of aryl methyl sites for hydroxylation is 1. The lowest BCUT2D eigenvalue weighted by atomic mass is 9.94. The highest BCUT2D eigenvalue weighted by molar-refractivity contribution is 5.90. The molecule has 2 aromatic heterocycles. The molecule has 314 valence electrons. The van der Waals surface area contributed by atoms with Gasteiger partial charge in [-0.05, 0) is 79.4 Å². The van der Waals surface area contributed by atoms with Gasteiger partial charge in [0.2, 0.25) is 11.9 Å². The number of ether oxygens (including phenoxy) is 2. The number of amides is 3. The fourth-order valence-electron chi connectivity index (χ4n) is 7.29. The summed E-state index contributed by atoms with van der Waals surface area (Å²) >= 11 is 0. The van der Waals surface area contributed by atoms with E-state index in [1.165, 1.54) is 6.42 Å². The summed E-state index contributed by atoms with van der Waals surface area (Å²) in [5, 5.41) is 13.0. The Hall–Kier alpha value is -4.69. The molecule has 0 bridgehead atoms. The number of carbonyl (C=O) groups is 3. The third kappa shape index (κ3) is 12.9. The number of piperazine rings is 1. The quantitative estimate of drug-likeness (QED) is 0.189. The number of fused-ring (bicyclic) bond motifs is 1. The molecular formula is C42H66N10O5. The first-order valence-electron chi connectivity index (χ1n) is 20.8. The number of benzene rings is 1. The van der Waals surface area contributed by atoms with Crippen molar-refractivity contribution in [3.8, 4) is 0 Å². The van der Waals surface area contributed by atoms with Gasteiger partial charge in [0.05, 0.1) is 18.3 Å². The molecule has 3 heterocycles. The molecule has 57 heavy (non-hydrogen) atoms. The number of hydrogen-bond acceptors (Lipinski definition) is 11. The van der Waals surface area contributed by atoms with Crippen LogP contribution >= 0.6 is 0 Å². The summed E-state index contributed by atoms with van der Waals surface area (Å²) in [4.78, 5) is 57.0. The number of aromatic nitrogens is 5. The lowest BCUT2D eigenvalue weighted by Gasteiger charge is -2.38. The maximum absolute atomic E-state index is 13.3. The zero-order valence-corrected chi connectivity index (χ0v) is 35.8. The smallest absolute Gasteiger partial charge is 0.410 e. The molecule has 5 rings (SSSR count). The number of hydrogen-bond donors (Lipinski definition) is 1. The Balaban J connectivity index is 1.17. The van der Waals surface area contributed by atoms with Crippen molar-refractivity contribution in [1.82, 2.24) is 39.7 Å². The van der Waals surface area contributed by atoms with E-state index in [0.717, 1.165) is 48.1 Å². The molecule has 3 amide bonds. The molecule has 0 spiro atoms. The van der Waals surface area contributed by atoms with Crippen LogP contribution in [0.3, 0.4) is 0 Å². The van der Waals surface area contributed by atoms with Gasteiger partial charge in [0.25, 0.3) is 0 Å². The summed E-state index contributed by atoms with van der Waals surface area (Å²) in [7, 11) is 0. The highest BCUT2D eigenvalue weighted by Gasteiger charge is 2.32. The zero-order valence-electron chi connectivity index (χ0n) is 35.8. The van der Waals surface area contributed by atoms with Crippen LogP contribution in [0.1, 0.15) is 113 Å². The van der Waals surface area contributed by atoms with Crippen molar-refractivity contribution < 1.29 is 23.9 Å². The van der Waals surface area contributed by atoms with E-state index in [9.17, 15) is 14.4 Å². The Morgan fingerprint density at radius 3 is 2.12 bits per heavy atom. The zero-order chi connectivity index (χ0) is 41.4. The van der Waals surface area contributed by atoms with E-state index in [1.807, 2.05) is 103 Å². The fourth-order valence-corrected chi connectivity index (χ4v) is 7.29. The van der Waals surface area contributed by atoms with E-state index in [2.05, 4.69) is 20.5 Å². The largest absolute Gasteiger partial charge is 0.444 e. The molecule has 1 saturated carbocycles. The van der Waals surface area contributed by atoms with Gasteiger partial charge in [0.1, 0.15) is 22.7 Å². The number of para-hydroxylation sites is 1. The number of rotatable bonds is 13. The second-order valence-corrected chi connectivity index (χ2v) is 18.4. The monoisotopic (exact) mass is 791 g/mol. The van der Waals surface area contributed by atoms with Crippen molar-refractivity contribution >= 4 is 40.8 Å². The van der Waals surface area contributed by atoms with Crippen LogP contribution < -0.4 is 10.2 Å². The van der Waals surface area contributed by atoms with Crippen molar-refractivity contribution in [3.63, 3.8) is 0 Å². The Labute approximate surface area is 338 Å². The van der Waals surface area contributed by atoms with Crippen LogP contribution in [0.5, 0.6) is 0 Å². The summed E-state index contributed by atoms with van der Waals surface area (Å²) in [6.45, 7) is 22.2. The van der Waals surface area contributed by atoms with Crippen molar-refractivity contribution in [3.05, 3.63) is 36.2 Å². The Bertz CT molecular complexity index is 1800. The SMILES string of the molecule is CC(C)(C)OC(=O)N(CCCN(C(=O)OC(C)(C)C)C1CCCCC1)CCCn1cc(CNc2nc(N3CCN(C(=O)C(C)(C)C)CC3)c3ccccc3n2)nn1. The van der Waals surface area contributed by atoms with Gasteiger partial charge in [-0.15, -0.1) is 5.10 Å². The first-order chi connectivity index (χ1) is 26.9. The molecule has 15 nitrogen and oxygen atoms in total. The number of nitrogens with one attached hydrogen (secondary N) is 1. The van der Waals surface area contributed by atoms with Gasteiger partial charge in [-0.25, -0.2) is 14.6 Å². The van der Waals surface area contributed by atoms with Crippen LogP contribution in [0, 0.1) is 5.41 Å². The molecule has 1 aliphatic carbocycles. The Morgan fingerprint density at radius 1 is 0.807 bits per heavy atom. The minimum atomic E-state index is -0.634. The molecule has 15 heteroatoms. The van der Waals surface area contributed by atoms with Gasteiger partial charge in [-0.3, -0.25) is 9.48 Å². The van der Waals surface area contributed by atoms with Crippen LogP contribution in [0.2, 0.25) is 0 Å². The topological polar surface area (TPSA) is 151 Å². The van der Waals surface area contributed by atoms with Gasteiger partial charge in [0, 0.05) is 69.2 Å². The van der Waals surface area contributed by atoms with E-state index >= 15 is 0 Å². The number of carbonyl (C=O) groups excluding carboxylic acids is 3. The van der Waals surface area contributed by atoms with Crippen LogP contribution in [-0.2, 0) is 27.4 Å². The average Bonchev–Trinajstić information content (AvgIpc) is 3.60. The molecule has 1 aliphatic heterocycles. The lowest BCUT2D eigenvalue weighted by Crippen LogP contribution is -2.52. The summed E-state index contributed by atoms with van der Waals surface area (Å²) < 4.78 is 13.3. The highest BCUT2D eigenvalue weighted by Crippen LogP contribution is 2.28. The summed E-state index contributed by atoms with van der Waals surface area (Å²) in [5.41, 5.74) is -0.0557. The predicted octanol–water partition coefficient (Wildman–Crippen LogP) is 7.12. The van der Waals surface area contributed by atoms with Crippen LogP contribution in [0.4, 0.5) is 21.4 Å². The van der Waals surface area contributed by atoms with E-state index in [-0.39, 0.29) is 24.1 Å². The molecular weight excluding hydrogens is 725 g/mol. The van der Waals surface area contributed by atoms with E-state index in [0.29, 0.717) is 77.7 Å². The third-order valence-electron chi connectivity index (χ3n) is 10.0. The average molecular weight is 791 g/mol. The van der Waals surface area contributed by atoms with Gasteiger partial charge in [0.15, 0.2) is 0 Å². The van der Waals surface area contributed by atoms with Gasteiger partial charge in [-0.2, -0.15) is 4.98 Å². The van der Waals surface area contributed by atoms with Gasteiger partial charge >= 0.3 is 12.2 Å². The van der Waals surface area contributed by atoms with Crippen LogP contribution in [0.15, 0.2) is 30.5 Å². The first kappa shape index (κ1) is 43.4. The van der Waals surface area contributed by atoms with Crippen LogP contribution in [-0.4, -0.2) is 121 Å². The molecule has 3 aromatic rings. The molecule has 0 radical (unpaired) electrons. The summed E-state index contributed by atoms with van der Waals surface area (Å²) in [5.74, 6) is 1.50. The minimum absolute atomic E-state index is 0.155.